The summed E-state index contributed by atoms with van der Waals surface area (Å²) in [6, 6.07) is 8.14. The summed E-state index contributed by atoms with van der Waals surface area (Å²) in [7, 11) is 0. The van der Waals surface area contributed by atoms with Crippen LogP contribution in [0.3, 0.4) is 0 Å². The highest BCUT2D eigenvalue weighted by atomic mass is 17.3. The fourth-order valence-corrected chi connectivity index (χ4v) is 2.08. The minimum absolute atomic E-state index is 0.192. The Morgan fingerprint density at radius 3 is 2.71 bits per heavy atom. The molecule has 0 N–H and O–H groups in total. The van der Waals surface area contributed by atoms with E-state index in [-0.39, 0.29) is 12.2 Å². The predicted molar refractivity (Wildman–Crippen MR) is 49.3 cm³/mol. The van der Waals surface area contributed by atoms with Gasteiger partial charge in [-0.2, -0.15) is 9.78 Å². The van der Waals surface area contributed by atoms with E-state index < -0.39 is 5.79 Å². The Labute approximate surface area is 82.5 Å². The van der Waals surface area contributed by atoms with Gasteiger partial charge in [-0.25, -0.2) is 0 Å². The second kappa shape index (κ2) is 2.57. The lowest BCUT2D eigenvalue weighted by molar-refractivity contribution is -0.328. The minimum Gasteiger partial charge on any atom is -0.310 e. The number of hydrogen-bond acceptors (Lipinski definition) is 3. The molecule has 14 heavy (non-hydrogen) atoms. The Morgan fingerprint density at radius 2 is 1.93 bits per heavy atom. The van der Waals surface area contributed by atoms with Gasteiger partial charge in [-0.3, -0.25) is 0 Å². The zero-order valence-electron chi connectivity index (χ0n) is 8.19. The van der Waals surface area contributed by atoms with Gasteiger partial charge in [-0.15, -0.1) is 0 Å². The van der Waals surface area contributed by atoms with Crippen LogP contribution in [0.25, 0.3) is 0 Å². The number of rotatable bonds is 0. The monoisotopic (exact) mass is 192 g/mol. The van der Waals surface area contributed by atoms with E-state index in [0.717, 1.165) is 5.56 Å². The van der Waals surface area contributed by atoms with Crippen molar-refractivity contribution < 1.29 is 14.5 Å². The van der Waals surface area contributed by atoms with Crippen LogP contribution in [0.2, 0.25) is 0 Å². The Morgan fingerprint density at radius 1 is 1.21 bits per heavy atom. The Balaban J connectivity index is 2.19. The van der Waals surface area contributed by atoms with E-state index in [1.54, 1.807) is 0 Å². The molecule has 2 aliphatic heterocycles. The van der Waals surface area contributed by atoms with Crippen LogP contribution in [0.1, 0.15) is 37.2 Å². The summed E-state index contributed by atoms with van der Waals surface area (Å²) in [6.45, 7) is 4.00. The van der Waals surface area contributed by atoms with Gasteiger partial charge in [0.1, 0.15) is 0 Å². The standard InChI is InChI=1S/C11H12O3/c1-7-8-5-3-4-6-9(8)10-12-11(7,2)14-13-10/h3-7,10H,1-2H3/t7?,10-,11+/m1/s1. The molecule has 2 bridgehead atoms. The van der Waals surface area contributed by atoms with Crippen molar-refractivity contribution in [2.24, 2.45) is 0 Å². The normalized spacial score (nSPS) is 39.6. The first-order valence-corrected chi connectivity index (χ1v) is 4.82. The summed E-state index contributed by atoms with van der Waals surface area (Å²) < 4.78 is 5.68. The van der Waals surface area contributed by atoms with Crippen molar-refractivity contribution >= 4 is 0 Å². The average Bonchev–Trinajstić information content (AvgIpc) is 2.57. The van der Waals surface area contributed by atoms with Gasteiger partial charge < -0.3 is 4.74 Å². The zero-order chi connectivity index (χ0) is 9.76. The third-order valence-corrected chi connectivity index (χ3v) is 3.15. The molecule has 1 unspecified atom stereocenters. The van der Waals surface area contributed by atoms with Gasteiger partial charge in [0.15, 0.2) is 0 Å². The molecule has 74 valence electrons. The first kappa shape index (κ1) is 8.41. The molecule has 0 aromatic heterocycles. The van der Waals surface area contributed by atoms with E-state index in [9.17, 15) is 0 Å². The Hall–Kier alpha value is -0.900. The van der Waals surface area contributed by atoms with E-state index in [1.807, 2.05) is 25.1 Å². The topological polar surface area (TPSA) is 27.7 Å². The summed E-state index contributed by atoms with van der Waals surface area (Å²) in [5.41, 5.74) is 2.33. The molecule has 3 heteroatoms. The quantitative estimate of drug-likeness (QED) is 0.591. The van der Waals surface area contributed by atoms with E-state index >= 15 is 0 Å². The summed E-state index contributed by atoms with van der Waals surface area (Å²) in [5, 5.41) is 0. The predicted octanol–water partition coefficient (Wildman–Crippen LogP) is 2.50. The van der Waals surface area contributed by atoms with Crippen molar-refractivity contribution in [3.05, 3.63) is 35.4 Å². The maximum absolute atomic E-state index is 5.68. The van der Waals surface area contributed by atoms with Gasteiger partial charge in [-0.05, 0) is 12.5 Å². The maximum atomic E-state index is 5.68. The summed E-state index contributed by atoms with van der Waals surface area (Å²) in [4.78, 5) is 10.4. The number of ether oxygens (including phenoxy) is 1. The van der Waals surface area contributed by atoms with E-state index in [4.69, 9.17) is 14.5 Å². The van der Waals surface area contributed by atoms with Crippen LogP contribution in [0.4, 0.5) is 0 Å². The van der Waals surface area contributed by atoms with Crippen LogP contribution < -0.4 is 0 Å². The Bertz CT molecular complexity index is 377. The molecule has 0 radical (unpaired) electrons. The summed E-state index contributed by atoms with van der Waals surface area (Å²) >= 11 is 0. The molecule has 0 saturated carbocycles. The molecule has 2 aliphatic rings. The van der Waals surface area contributed by atoms with Crippen molar-refractivity contribution in [1.82, 2.24) is 0 Å². The zero-order valence-corrected chi connectivity index (χ0v) is 8.19. The molecule has 3 atom stereocenters. The van der Waals surface area contributed by atoms with E-state index in [2.05, 4.69) is 13.0 Å². The number of fused-ring (bicyclic) bond motifs is 4. The average molecular weight is 192 g/mol. The molecule has 1 fully saturated rings. The smallest absolute Gasteiger partial charge is 0.220 e. The van der Waals surface area contributed by atoms with E-state index in [0.29, 0.717) is 0 Å². The first-order valence-electron chi connectivity index (χ1n) is 4.82. The van der Waals surface area contributed by atoms with Crippen molar-refractivity contribution in [2.45, 2.75) is 31.8 Å². The minimum atomic E-state index is -0.626. The highest BCUT2D eigenvalue weighted by Crippen LogP contribution is 2.49. The van der Waals surface area contributed by atoms with Crippen molar-refractivity contribution in [3.8, 4) is 0 Å². The van der Waals surface area contributed by atoms with Crippen molar-refractivity contribution in [1.29, 1.82) is 0 Å². The van der Waals surface area contributed by atoms with E-state index in [1.165, 1.54) is 5.56 Å². The van der Waals surface area contributed by atoms with Gasteiger partial charge in [0.05, 0.1) is 0 Å². The fourth-order valence-electron chi connectivity index (χ4n) is 2.08. The van der Waals surface area contributed by atoms with Crippen molar-refractivity contribution in [2.75, 3.05) is 0 Å². The lowest BCUT2D eigenvalue weighted by Gasteiger charge is -2.32. The van der Waals surface area contributed by atoms with Gasteiger partial charge in [-0.1, -0.05) is 31.2 Å². The SMILES string of the molecule is CC1c2ccccc2[C@H]2OO[C@]1(C)O2. The second-order valence-electron chi connectivity index (χ2n) is 4.00. The molecule has 1 aromatic carbocycles. The van der Waals surface area contributed by atoms with Gasteiger partial charge >= 0.3 is 0 Å². The molecule has 1 saturated heterocycles. The molecule has 3 nitrogen and oxygen atoms in total. The maximum Gasteiger partial charge on any atom is 0.220 e. The molecule has 0 aliphatic carbocycles. The van der Waals surface area contributed by atoms with Crippen LogP contribution in [0, 0.1) is 0 Å². The third-order valence-electron chi connectivity index (χ3n) is 3.15. The summed E-state index contributed by atoms with van der Waals surface area (Å²) in [5.74, 6) is -0.434. The highest BCUT2D eigenvalue weighted by molar-refractivity contribution is 5.34. The molecule has 3 rings (SSSR count). The number of benzene rings is 1. The van der Waals surface area contributed by atoms with Crippen molar-refractivity contribution in [3.63, 3.8) is 0 Å². The molecular formula is C11H12O3. The molecule has 1 aromatic rings. The lowest BCUT2D eigenvalue weighted by Crippen LogP contribution is -2.35. The van der Waals surface area contributed by atoms with Crippen LogP contribution >= 0.6 is 0 Å². The van der Waals surface area contributed by atoms with Crippen LogP contribution in [-0.4, -0.2) is 5.79 Å². The first-order chi connectivity index (χ1) is 6.71. The Kier molecular flexibility index (Phi) is 1.54. The third kappa shape index (κ3) is 0.919. The molecule has 0 amide bonds. The largest absolute Gasteiger partial charge is 0.310 e. The van der Waals surface area contributed by atoms with Gasteiger partial charge in [0, 0.05) is 11.5 Å². The molecular weight excluding hydrogens is 180 g/mol. The summed E-state index contributed by atoms with van der Waals surface area (Å²) in [6.07, 6.45) is -0.354. The van der Waals surface area contributed by atoms with Gasteiger partial charge in [0.2, 0.25) is 12.1 Å². The number of hydrogen-bond donors (Lipinski definition) is 0. The van der Waals surface area contributed by atoms with Crippen LogP contribution in [-0.2, 0) is 14.5 Å². The molecule has 0 spiro atoms. The fraction of sp³-hybridized carbons (Fsp3) is 0.455. The highest BCUT2D eigenvalue weighted by Gasteiger charge is 2.50. The van der Waals surface area contributed by atoms with Crippen LogP contribution in [0.5, 0.6) is 0 Å². The molecule has 2 heterocycles. The van der Waals surface area contributed by atoms with Gasteiger partial charge in [0.25, 0.3) is 0 Å². The second-order valence-corrected chi connectivity index (χ2v) is 4.00. The lowest BCUT2D eigenvalue weighted by atomic mass is 9.87. The van der Waals surface area contributed by atoms with Crippen LogP contribution in [0.15, 0.2) is 24.3 Å².